The molecule has 1 aromatic carbocycles. The highest BCUT2D eigenvalue weighted by atomic mass is 18.2. The first-order valence-corrected chi connectivity index (χ1v) is 9.68. The van der Waals surface area contributed by atoms with E-state index in [1.54, 1.807) is 11.0 Å². The monoisotopic (exact) mass is 369 g/mol. The number of hydrogen-bond donors (Lipinski definition) is 1. The number of carbonyl (C=O) groups excluding carboxylic acids is 1. The van der Waals surface area contributed by atoms with Crippen molar-refractivity contribution in [2.45, 2.75) is 32.4 Å². The number of nitrogens with one attached hydrogen (secondary N) is 1. The Kier molecular flexibility index (Phi) is 4.46. The highest BCUT2D eigenvalue weighted by Crippen LogP contribution is 2.41. The molecule has 6 heteroatoms. The minimum absolute atomic E-state index is 0.0661. The lowest BCUT2D eigenvalue weighted by atomic mass is 9.81. The van der Waals surface area contributed by atoms with Crippen LogP contribution in [-0.4, -0.2) is 59.2 Å². The molecule has 1 aliphatic heterocycles. The van der Waals surface area contributed by atoms with Crippen molar-refractivity contribution in [2.24, 2.45) is 7.05 Å². The molecule has 4 rings (SSSR count). The SMILES string of the molecule is CCN(CC)C(=O)NC1C=C2c3c([18F])ccc4c3c(cn4C)C[C@H]2N(C)C1. The number of halogens is 1. The van der Waals surface area contributed by atoms with Crippen LogP contribution in [0.3, 0.4) is 0 Å². The standard InChI is InChI=1S/C21H27FN4O/c1-5-26(6-2)21(27)23-14-10-15-18(25(4)12-14)9-13-11-24(3)17-8-7-16(22)20(15)19(13)17/h7-8,10-11,14,18H,5-6,9,12H2,1-4H3,(H,23,27)/t14?,18-/m1/s1/i22-1. The number of fused-ring (bicyclic) bond motifs is 2. The molecular weight excluding hydrogens is 342 g/mol. The van der Waals surface area contributed by atoms with Gasteiger partial charge in [-0.25, -0.2) is 9.18 Å². The van der Waals surface area contributed by atoms with Crippen LogP contribution >= 0.6 is 0 Å². The molecule has 0 fully saturated rings. The fraction of sp³-hybridized carbons (Fsp3) is 0.476. The summed E-state index contributed by atoms with van der Waals surface area (Å²) >= 11 is 0. The summed E-state index contributed by atoms with van der Waals surface area (Å²) in [5.41, 5.74) is 3.95. The van der Waals surface area contributed by atoms with Gasteiger partial charge in [0.15, 0.2) is 0 Å². The Morgan fingerprint density at radius 3 is 2.74 bits per heavy atom. The van der Waals surface area contributed by atoms with E-state index in [-0.39, 0.29) is 23.9 Å². The number of aryl methyl sites for hydroxylation is 1. The Labute approximate surface area is 159 Å². The molecule has 2 heterocycles. The lowest BCUT2D eigenvalue weighted by Crippen LogP contribution is -2.52. The number of rotatable bonds is 3. The molecule has 27 heavy (non-hydrogen) atoms. The predicted molar refractivity (Wildman–Crippen MR) is 106 cm³/mol. The van der Waals surface area contributed by atoms with Crippen molar-refractivity contribution in [3.05, 3.63) is 41.3 Å². The Balaban J connectivity index is 1.76. The average Bonchev–Trinajstić information content (AvgIpc) is 2.95. The van der Waals surface area contributed by atoms with Crippen molar-refractivity contribution < 1.29 is 9.18 Å². The predicted octanol–water partition coefficient (Wildman–Crippen LogP) is 2.99. The van der Waals surface area contributed by atoms with E-state index >= 15 is 0 Å². The molecule has 1 aromatic heterocycles. The molecule has 0 saturated heterocycles. The third kappa shape index (κ3) is 2.83. The number of hydrogen-bond acceptors (Lipinski definition) is 2. The minimum atomic E-state index is -0.185. The summed E-state index contributed by atoms with van der Waals surface area (Å²) in [5, 5.41) is 4.12. The zero-order valence-electron chi connectivity index (χ0n) is 16.4. The lowest BCUT2D eigenvalue weighted by Gasteiger charge is -2.40. The number of carbonyl (C=O) groups is 1. The summed E-state index contributed by atoms with van der Waals surface area (Å²) in [4.78, 5) is 16.5. The molecule has 0 bridgehead atoms. The van der Waals surface area contributed by atoms with Crippen molar-refractivity contribution in [2.75, 3.05) is 26.7 Å². The molecule has 1 aliphatic carbocycles. The summed E-state index contributed by atoms with van der Waals surface area (Å²) in [6, 6.07) is 3.35. The smallest absolute Gasteiger partial charge is 0.317 e. The maximum atomic E-state index is 14.9. The first-order chi connectivity index (χ1) is 12.9. The van der Waals surface area contributed by atoms with Gasteiger partial charge in [0.05, 0.1) is 6.04 Å². The second kappa shape index (κ2) is 6.68. The van der Waals surface area contributed by atoms with E-state index in [0.717, 1.165) is 29.4 Å². The molecule has 0 saturated carbocycles. The zero-order valence-corrected chi connectivity index (χ0v) is 16.4. The Hall–Kier alpha value is -2.34. The van der Waals surface area contributed by atoms with Crippen LogP contribution in [0.4, 0.5) is 9.18 Å². The van der Waals surface area contributed by atoms with Crippen molar-refractivity contribution in [1.82, 2.24) is 19.7 Å². The lowest BCUT2D eigenvalue weighted by molar-refractivity contribution is 0.193. The van der Waals surface area contributed by atoms with Crippen LogP contribution in [0.5, 0.6) is 0 Å². The van der Waals surface area contributed by atoms with Crippen molar-refractivity contribution in [1.29, 1.82) is 0 Å². The highest BCUT2D eigenvalue weighted by Gasteiger charge is 2.36. The molecular formula is C21H27FN4O. The van der Waals surface area contributed by atoms with Crippen molar-refractivity contribution in [3.8, 4) is 0 Å². The van der Waals surface area contributed by atoms with E-state index in [4.69, 9.17) is 0 Å². The number of benzene rings is 1. The number of aromatic nitrogens is 1. The van der Waals surface area contributed by atoms with Crippen LogP contribution in [0, 0.1) is 5.82 Å². The number of urea groups is 1. The van der Waals surface area contributed by atoms with Gasteiger partial charge in [-0.05, 0) is 50.6 Å². The third-order valence-corrected chi connectivity index (χ3v) is 6.00. The summed E-state index contributed by atoms with van der Waals surface area (Å²) in [6.07, 6.45) is 5.05. The van der Waals surface area contributed by atoms with E-state index in [9.17, 15) is 9.18 Å². The summed E-state index contributed by atoms with van der Waals surface area (Å²) < 4.78 is 17.0. The van der Waals surface area contributed by atoms with Gasteiger partial charge in [-0.1, -0.05) is 6.08 Å². The van der Waals surface area contributed by atoms with Gasteiger partial charge in [0.25, 0.3) is 0 Å². The van der Waals surface area contributed by atoms with E-state index in [2.05, 4.69) is 34.1 Å². The quantitative estimate of drug-likeness (QED) is 0.904. The first-order valence-electron chi connectivity index (χ1n) is 9.68. The van der Waals surface area contributed by atoms with Gasteiger partial charge in [-0.3, -0.25) is 4.90 Å². The highest BCUT2D eigenvalue weighted by molar-refractivity contribution is 5.99. The van der Waals surface area contributed by atoms with Crippen LogP contribution in [-0.2, 0) is 13.5 Å². The Morgan fingerprint density at radius 1 is 1.30 bits per heavy atom. The molecule has 2 aromatic rings. The minimum Gasteiger partial charge on any atom is -0.350 e. The van der Waals surface area contributed by atoms with Gasteiger partial charge >= 0.3 is 6.03 Å². The van der Waals surface area contributed by atoms with Crippen LogP contribution < -0.4 is 5.32 Å². The van der Waals surface area contributed by atoms with Gasteiger partial charge in [0.1, 0.15) is 5.82 Å². The van der Waals surface area contributed by atoms with E-state index in [1.165, 1.54) is 5.56 Å². The molecule has 144 valence electrons. The summed E-state index contributed by atoms with van der Waals surface area (Å²) in [6.45, 7) is 6.01. The fourth-order valence-electron chi connectivity index (χ4n) is 4.62. The topological polar surface area (TPSA) is 40.5 Å². The third-order valence-electron chi connectivity index (χ3n) is 6.00. The summed E-state index contributed by atoms with van der Waals surface area (Å²) in [7, 11) is 4.06. The van der Waals surface area contributed by atoms with Crippen LogP contribution in [0.25, 0.3) is 16.5 Å². The molecule has 1 unspecified atom stereocenters. The molecule has 0 spiro atoms. The van der Waals surface area contributed by atoms with Gasteiger partial charge in [0.2, 0.25) is 0 Å². The first kappa shape index (κ1) is 18.0. The maximum Gasteiger partial charge on any atom is 0.317 e. The maximum absolute atomic E-state index is 14.9. The Morgan fingerprint density at radius 2 is 2.04 bits per heavy atom. The fourth-order valence-corrected chi connectivity index (χ4v) is 4.62. The largest absolute Gasteiger partial charge is 0.350 e. The van der Waals surface area contributed by atoms with Crippen molar-refractivity contribution >= 4 is 22.5 Å². The zero-order chi connectivity index (χ0) is 19.3. The number of likely N-dealkylation sites (N-methyl/N-ethyl adjacent to an activating group) is 1. The van der Waals surface area contributed by atoms with Crippen LogP contribution in [0.15, 0.2) is 24.4 Å². The van der Waals surface area contributed by atoms with Crippen LogP contribution in [0.2, 0.25) is 0 Å². The number of nitrogens with zero attached hydrogens (tertiary/aromatic N) is 3. The molecule has 2 amide bonds. The summed E-state index contributed by atoms with van der Waals surface area (Å²) in [5.74, 6) is -0.185. The molecule has 0 radical (unpaired) electrons. The van der Waals surface area contributed by atoms with Gasteiger partial charge in [-0.2, -0.15) is 0 Å². The van der Waals surface area contributed by atoms with E-state index in [1.807, 2.05) is 27.0 Å². The van der Waals surface area contributed by atoms with Gasteiger partial charge in [0, 0.05) is 55.4 Å². The van der Waals surface area contributed by atoms with E-state index < -0.39 is 0 Å². The second-order valence-electron chi connectivity index (χ2n) is 7.59. The molecule has 2 atom stereocenters. The van der Waals surface area contributed by atoms with Gasteiger partial charge in [-0.15, -0.1) is 0 Å². The average molecular weight is 369 g/mol. The molecule has 1 N–H and O–H groups in total. The molecule has 5 nitrogen and oxygen atoms in total. The van der Waals surface area contributed by atoms with Crippen LogP contribution in [0.1, 0.15) is 25.0 Å². The number of amides is 2. The second-order valence-corrected chi connectivity index (χ2v) is 7.59. The van der Waals surface area contributed by atoms with E-state index in [0.29, 0.717) is 18.7 Å². The van der Waals surface area contributed by atoms with Gasteiger partial charge < -0.3 is 14.8 Å². The molecule has 2 aliphatic rings. The van der Waals surface area contributed by atoms with Crippen molar-refractivity contribution in [3.63, 3.8) is 0 Å². The normalized spacial score (nSPS) is 21.7. The Bertz CT molecular complexity index is 928.